The number of benzene rings is 5. The zero-order valence-electron chi connectivity index (χ0n) is 26.0. The smallest absolute Gasteiger partial charge is 0.419 e. The van der Waals surface area contributed by atoms with Crippen LogP contribution < -0.4 is 15.4 Å². The molecule has 0 aromatic heterocycles. The van der Waals surface area contributed by atoms with Crippen molar-refractivity contribution in [1.82, 2.24) is 4.90 Å². The maximum absolute atomic E-state index is 13.6. The maximum atomic E-state index is 13.6. The second-order valence-electron chi connectivity index (χ2n) is 11.2. The predicted octanol–water partition coefficient (Wildman–Crippen LogP) is 9.81. The summed E-state index contributed by atoms with van der Waals surface area (Å²) in [7, 11) is 0. The Bertz CT molecular complexity index is 1750. The number of urea groups is 1. The van der Waals surface area contributed by atoms with Crippen molar-refractivity contribution in [2.45, 2.75) is 25.1 Å². The lowest BCUT2D eigenvalue weighted by atomic mass is 9.90. The summed E-state index contributed by atoms with van der Waals surface area (Å²) in [5.74, 6) is -0.287. The fourth-order valence-corrected chi connectivity index (χ4v) is 5.63. The number of phenols is 1. The predicted molar refractivity (Wildman–Crippen MR) is 184 cm³/mol. The molecule has 48 heavy (non-hydrogen) atoms. The SMILES string of the molecule is O=C(Nc1cccc(OCCCN(Cc2cccc(C(F)(F)F)c2O)CC(c2ccccc2)c2ccccc2)c1)Nc1ccccc1Cl. The van der Waals surface area contributed by atoms with Crippen molar-refractivity contribution in [3.8, 4) is 11.5 Å². The topological polar surface area (TPSA) is 73.8 Å². The molecule has 0 atom stereocenters. The van der Waals surface area contributed by atoms with Crippen molar-refractivity contribution in [3.05, 3.63) is 155 Å². The molecule has 5 aromatic carbocycles. The summed E-state index contributed by atoms with van der Waals surface area (Å²) in [5.41, 5.74) is 2.28. The lowest BCUT2D eigenvalue weighted by Gasteiger charge is -2.29. The number of nitrogens with zero attached hydrogens (tertiary/aromatic N) is 1. The van der Waals surface area contributed by atoms with Gasteiger partial charge in [-0.25, -0.2) is 4.79 Å². The molecule has 0 saturated heterocycles. The van der Waals surface area contributed by atoms with Gasteiger partial charge in [0.25, 0.3) is 0 Å². The van der Waals surface area contributed by atoms with Crippen LogP contribution in [0.1, 0.15) is 34.6 Å². The van der Waals surface area contributed by atoms with Crippen molar-refractivity contribution in [1.29, 1.82) is 0 Å². The summed E-state index contributed by atoms with van der Waals surface area (Å²) >= 11 is 6.13. The molecule has 0 bridgehead atoms. The number of phenolic OH excluding ortho intramolecular Hbond substituents is 1. The van der Waals surface area contributed by atoms with Gasteiger partial charge in [-0.3, -0.25) is 4.90 Å². The Balaban J connectivity index is 1.28. The van der Waals surface area contributed by atoms with Crippen LogP contribution in [0.3, 0.4) is 0 Å². The van der Waals surface area contributed by atoms with Gasteiger partial charge in [0.05, 0.1) is 22.9 Å². The number of carbonyl (C=O) groups is 1. The third-order valence-corrected chi connectivity index (χ3v) is 8.09. The first kappa shape index (κ1) is 34.3. The minimum absolute atomic E-state index is 0.0686. The third-order valence-electron chi connectivity index (χ3n) is 7.76. The molecule has 3 N–H and O–H groups in total. The average Bonchev–Trinajstić information content (AvgIpc) is 3.07. The van der Waals surface area contributed by atoms with Crippen molar-refractivity contribution in [2.24, 2.45) is 0 Å². The van der Waals surface area contributed by atoms with Gasteiger partial charge in [-0.05, 0) is 47.9 Å². The second-order valence-corrected chi connectivity index (χ2v) is 11.6. The normalized spacial score (nSPS) is 11.5. The van der Waals surface area contributed by atoms with E-state index in [0.29, 0.717) is 48.3 Å². The van der Waals surface area contributed by atoms with Crippen LogP contribution >= 0.6 is 11.6 Å². The second kappa shape index (κ2) is 16.2. The number of para-hydroxylation sites is 2. The maximum Gasteiger partial charge on any atom is 0.419 e. The van der Waals surface area contributed by atoms with Crippen molar-refractivity contribution in [3.63, 3.8) is 0 Å². The summed E-state index contributed by atoms with van der Waals surface area (Å²) in [6, 6.07) is 37.0. The monoisotopic (exact) mass is 673 g/mol. The minimum Gasteiger partial charge on any atom is -0.507 e. The molecule has 0 saturated carbocycles. The van der Waals surface area contributed by atoms with E-state index < -0.39 is 23.5 Å². The van der Waals surface area contributed by atoms with Gasteiger partial charge in [-0.2, -0.15) is 13.2 Å². The third kappa shape index (κ3) is 9.53. The van der Waals surface area contributed by atoms with Crippen molar-refractivity contribution < 1.29 is 27.8 Å². The van der Waals surface area contributed by atoms with Crippen LogP contribution in [0.25, 0.3) is 0 Å². The Morgan fingerprint density at radius 3 is 2.12 bits per heavy atom. The number of nitrogens with one attached hydrogen (secondary N) is 2. The van der Waals surface area contributed by atoms with Crippen LogP contribution in [0, 0.1) is 0 Å². The molecule has 0 radical (unpaired) electrons. The van der Waals surface area contributed by atoms with Gasteiger partial charge >= 0.3 is 12.2 Å². The van der Waals surface area contributed by atoms with Crippen LogP contribution in [-0.2, 0) is 12.7 Å². The van der Waals surface area contributed by atoms with Gasteiger partial charge < -0.3 is 20.5 Å². The van der Waals surface area contributed by atoms with Gasteiger partial charge in [0.2, 0.25) is 0 Å². The van der Waals surface area contributed by atoms with Gasteiger partial charge in [0, 0.05) is 42.9 Å². The molecule has 10 heteroatoms. The quantitative estimate of drug-likeness (QED) is 0.109. The molecule has 2 amide bonds. The first-order valence-corrected chi connectivity index (χ1v) is 15.8. The number of hydrogen-bond donors (Lipinski definition) is 3. The number of anilines is 2. The summed E-state index contributed by atoms with van der Waals surface area (Å²) in [5, 5.41) is 16.5. The Labute approximate surface area is 282 Å². The summed E-state index contributed by atoms with van der Waals surface area (Å²) in [6.45, 7) is 1.38. The zero-order chi connectivity index (χ0) is 33.9. The van der Waals surface area contributed by atoms with Crippen LogP contribution in [0.5, 0.6) is 11.5 Å². The van der Waals surface area contributed by atoms with Crippen molar-refractivity contribution in [2.75, 3.05) is 30.3 Å². The Hall–Kier alpha value is -4.99. The molecule has 248 valence electrons. The fourth-order valence-electron chi connectivity index (χ4n) is 5.44. The van der Waals surface area contributed by atoms with E-state index in [9.17, 15) is 23.1 Å². The Kier molecular flexibility index (Phi) is 11.6. The highest BCUT2D eigenvalue weighted by molar-refractivity contribution is 6.33. The molecule has 0 heterocycles. The molecule has 6 nitrogen and oxygen atoms in total. The lowest BCUT2D eigenvalue weighted by molar-refractivity contribution is -0.138. The molecule has 0 aliphatic rings. The molecule has 5 aromatic rings. The summed E-state index contributed by atoms with van der Waals surface area (Å²) in [4.78, 5) is 14.6. The van der Waals surface area contributed by atoms with Gasteiger partial charge in [0.1, 0.15) is 11.5 Å². The van der Waals surface area contributed by atoms with E-state index in [2.05, 4.69) is 10.6 Å². The first-order chi connectivity index (χ1) is 23.2. The molecule has 5 rings (SSSR count). The van der Waals surface area contributed by atoms with Crippen LogP contribution in [0.2, 0.25) is 5.02 Å². The highest BCUT2D eigenvalue weighted by atomic mass is 35.5. The number of rotatable bonds is 13. The number of amides is 2. The van der Waals surface area contributed by atoms with Gasteiger partial charge in [-0.15, -0.1) is 0 Å². The summed E-state index contributed by atoms with van der Waals surface area (Å²) < 4.78 is 46.9. The molecule has 0 aliphatic carbocycles. The molecule has 0 aliphatic heterocycles. The van der Waals surface area contributed by atoms with E-state index in [1.165, 1.54) is 12.1 Å². The van der Waals surface area contributed by atoms with E-state index in [1.54, 1.807) is 48.5 Å². The van der Waals surface area contributed by atoms with Crippen LogP contribution in [0.4, 0.5) is 29.3 Å². The Morgan fingerprint density at radius 1 is 0.812 bits per heavy atom. The van der Waals surface area contributed by atoms with Crippen molar-refractivity contribution >= 4 is 29.0 Å². The van der Waals surface area contributed by atoms with Gasteiger partial charge in [0.15, 0.2) is 0 Å². The number of aromatic hydroxyl groups is 1. The van der Waals surface area contributed by atoms with E-state index >= 15 is 0 Å². The van der Waals surface area contributed by atoms with Gasteiger partial charge in [-0.1, -0.05) is 103 Å². The van der Waals surface area contributed by atoms with E-state index in [-0.39, 0.29) is 18.0 Å². The van der Waals surface area contributed by atoms with Crippen LogP contribution in [-0.4, -0.2) is 35.7 Å². The lowest BCUT2D eigenvalue weighted by Crippen LogP contribution is -2.31. The zero-order valence-corrected chi connectivity index (χ0v) is 26.7. The average molecular weight is 674 g/mol. The highest BCUT2D eigenvalue weighted by Gasteiger charge is 2.34. The first-order valence-electron chi connectivity index (χ1n) is 15.4. The standard InChI is InChI=1S/C38H35ClF3N3O3/c39-34-20-7-8-21-35(34)44-37(47)43-30-17-10-18-31(24-30)48-23-11-22-45(25-29-16-9-19-33(36(29)46)38(40,41)42)26-32(27-12-3-1-4-13-27)28-14-5-2-6-15-28/h1-10,12-21,24,32,46H,11,22-23,25-26H2,(H2,43,44,47). The largest absolute Gasteiger partial charge is 0.507 e. The number of halogens is 4. The number of ether oxygens (including phenoxy) is 1. The Morgan fingerprint density at radius 2 is 1.46 bits per heavy atom. The minimum atomic E-state index is -4.67. The summed E-state index contributed by atoms with van der Waals surface area (Å²) in [6.07, 6.45) is -4.13. The van der Waals surface area contributed by atoms with E-state index in [1.807, 2.05) is 65.6 Å². The molecule has 0 unspecified atom stereocenters. The highest BCUT2D eigenvalue weighted by Crippen LogP contribution is 2.38. The van der Waals surface area contributed by atoms with E-state index in [0.717, 1.165) is 17.2 Å². The molecule has 0 spiro atoms. The number of carbonyl (C=O) groups excluding carboxylic acids is 1. The molecular formula is C38H35ClF3N3O3. The molecule has 0 fully saturated rings. The van der Waals surface area contributed by atoms with Crippen LogP contribution in [0.15, 0.2) is 127 Å². The number of hydrogen-bond acceptors (Lipinski definition) is 4. The van der Waals surface area contributed by atoms with E-state index in [4.69, 9.17) is 16.3 Å². The molecular weight excluding hydrogens is 639 g/mol. The number of alkyl halides is 3. The fraction of sp³-hybridized carbons (Fsp3) is 0.184.